The monoisotopic (exact) mass is 298 g/mol. The van der Waals surface area contributed by atoms with E-state index in [0.29, 0.717) is 5.92 Å². The summed E-state index contributed by atoms with van der Waals surface area (Å²) in [4.78, 5) is 18.6. The summed E-state index contributed by atoms with van der Waals surface area (Å²) in [5.74, 6) is 0.410. The SMILES string of the molecule is CC(C)[C@@H](C)NC(=O)c1cc2cc3ccccc3nc2s1. The molecule has 0 unspecified atom stereocenters. The van der Waals surface area contributed by atoms with Crippen molar-refractivity contribution in [2.24, 2.45) is 5.92 Å². The first-order valence-corrected chi connectivity index (χ1v) is 7.96. The Morgan fingerprint density at radius 2 is 1.90 bits per heavy atom. The lowest BCUT2D eigenvalue weighted by Gasteiger charge is -2.16. The van der Waals surface area contributed by atoms with Crippen LogP contribution in [-0.2, 0) is 0 Å². The van der Waals surface area contributed by atoms with E-state index in [1.807, 2.05) is 37.3 Å². The van der Waals surface area contributed by atoms with Gasteiger partial charge in [-0.1, -0.05) is 32.0 Å². The van der Waals surface area contributed by atoms with Gasteiger partial charge in [0.1, 0.15) is 4.83 Å². The van der Waals surface area contributed by atoms with E-state index in [0.717, 1.165) is 26.0 Å². The minimum absolute atomic E-state index is 0.0109. The molecule has 108 valence electrons. The van der Waals surface area contributed by atoms with Crippen LogP contribution in [0.1, 0.15) is 30.4 Å². The summed E-state index contributed by atoms with van der Waals surface area (Å²) >= 11 is 1.45. The normalized spacial score (nSPS) is 13.0. The van der Waals surface area contributed by atoms with E-state index in [1.54, 1.807) is 0 Å². The van der Waals surface area contributed by atoms with Crippen molar-refractivity contribution in [2.45, 2.75) is 26.8 Å². The highest BCUT2D eigenvalue weighted by Crippen LogP contribution is 2.27. The Morgan fingerprint density at radius 3 is 2.67 bits per heavy atom. The zero-order valence-electron chi connectivity index (χ0n) is 12.4. The fourth-order valence-electron chi connectivity index (χ4n) is 2.13. The van der Waals surface area contributed by atoms with Gasteiger partial charge in [-0.15, -0.1) is 11.3 Å². The van der Waals surface area contributed by atoms with E-state index < -0.39 is 0 Å². The van der Waals surface area contributed by atoms with Crippen LogP contribution in [0.3, 0.4) is 0 Å². The summed E-state index contributed by atoms with van der Waals surface area (Å²) in [6.07, 6.45) is 0. The van der Waals surface area contributed by atoms with Crippen LogP contribution in [0.4, 0.5) is 0 Å². The van der Waals surface area contributed by atoms with Crippen LogP contribution in [-0.4, -0.2) is 16.9 Å². The smallest absolute Gasteiger partial charge is 0.261 e. The molecular weight excluding hydrogens is 280 g/mol. The number of para-hydroxylation sites is 1. The Labute approximate surface area is 128 Å². The predicted octanol–water partition coefficient (Wildman–Crippen LogP) is 4.22. The molecule has 3 rings (SSSR count). The first-order valence-electron chi connectivity index (χ1n) is 7.15. The fourth-order valence-corrected chi connectivity index (χ4v) is 3.06. The van der Waals surface area contributed by atoms with Crippen molar-refractivity contribution in [2.75, 3.05) is 0 Å². The molecule has 4 heteroatoms. The van der Waals surface area contributed by atoms with E-state index in [9.17, 15) is 4.79 Å². The molecule has 1 aromatic carbocycles. The molecule has 0 radical (unpaired) electrons. The third-order valence-electron chi connectivity index (χ3n) is 3.79. The minimum atomic E-state index is -0.0109. The van der Waals surface area contributed by atoms with Gasteiger partial charge in [-0.25, -0.2) is 4.98 Å². The van der Waals surface area contributed by atoms with Crippen LogP contribution in [0.15, 0.2) is 36.4 Å². The summed E-state index contributed by atoms with van der Waals surface area (Å²) in [6.45, 7) is 6.23. The molecule has 1 amide bonds. The molecule has 1 atom stereocenters. The van der Waals surface area contributed by atoms with E-state index in [4.69, 9.17) is 0 Å². The highest BCUT2D eigenvalue weighted by atomic mass is 32.1. The number of benzene rings is 1. The predicted molar refractivity (Wildman–Crippen MR) is 88.9 cm³/mol. The number of carbonyl (C=O) groups is 1. The summed E-state index contributed by atoms with van der Waals surface area (Å²) < 4.78 is 0. The maximum Gasteiger partial charge on any atom is 0.261 e. The van der Waals surface area contributed by atoms with E-state index in [1.165, 1.54) is 11.3 Å². The van der Waals surface area contributed by atoms with Crippen molar-refractivity contribution in [3.8, 4) is 0 Å². The summed E-state index contributed by atoms with van der Waals surface area (Å²) in [5.41, 5.74) is 0.967. The Bertz CT molecular complexity index is 754. The minimum Gasteiger partial charge on any atom is -0.349 e. The molecule has 0 spiro atoms. The van der Waals surface area contributed by atoms with Crippen LogP contribution < -0.4 is 5.32 Å². The van der Waals surface area contributed by atoms with Gasteiger partial charge in [0.2, 0.25) is 0 Å². The van der Waals surface area contributed by atoms with Crippen molar-refractivity contribution >= 4 is 38.4 Å². The number of rotatable bonds is 3. The largest absolute Gasteiger partial charge is 0.349 e. The summed E-state index contributed by atoms with van der Waals surface area (Å²) in [5, 5.41) is 5.17. The number of thiophene rings is 1. The van der Waals surface area contributed by atoms with Gasteiger partial charge in [-0.3, -0.25) is 4.79 Å². The van der Waals surface area contributed by atoms with Gasteiger partial charge in [0, 0.05) is 16.8 Å². The number of hydrogen-bond donors (Lipinski definition) is 1. The van der Waals surface area contributed by atoms with E-state index in [2.05, 4.69) is 30.2 Å². The molecule has 2 aromatic heterocycles. The molecular formula is C17H18N2OS. The molecule has 0 saturated heterocycles. The number of fused-ring (bicyclic) bond motifs is 2. The van der Waals surface area contributed by atoms with Crippen LogP contribution in [0, 0.1) is 5.92 Å². The quantitative estimate of drug-likeness (QED) is 0.786. The third kappa shape index (κ3) is 2.76. The second-order valence-corrected chi connectivity index (χ2v) is 6.72. The summed E-state index contributed by atoms with van der Waals surface area (Å²) in [7, 11) is 0. The maximum absolute atomic E-state index is 12.3. The molecule has 0 bridgehead atoms. The molecule has 21 heavy (non-hydrogen) atoms. The Balaban J connectivity index is 1.97. The Kier molecular flexibility index (Phi) is 3.64. The molecule has 0 fully saturated rings. The molecule has 0 aliphatic carbocycles. The lowest BCUT2D eigenvalue weighted by atomic mass is 10.1. The molecule has 0 aliphatic heterocycles. The molecule has 0 saturated carbocycles. The zero-order chi connectivity index (χ0) is 15.0. The standard InChI is InChI=1S/C17H18N2OS/c1-10(2)11(3)18-16(20)15-9-13-8-12-6-4-5-7-14(12)19-17(13)21-15/h4-11H,1-3H3,(H,18,20)/t11-/m1/s1. The number of carbonyl (C=O) groups excluding carboxylic acids is 1. The van der Waals surface area contributed by atoms with Crippen molar-refractivity contribution in [3.63, 3.8) is 0 Å². The van der Waals surface area contributed by atoms with Gasteiger partial charge in [-0.2, -0.15) is 0 Å². The second-order valence-electron chi connectivity index (χ2n) is 5.69. The lowest BCUT2D eigenvalue weighted by Crippen LogP contribution is -2.35. The first kappa shape index (κ1) is 14.0. The lowest BCUT2D eigenvalue weighted by molar-refractivity contribution is 0.0934. The van der Waals surface area contributed by atoms with Gasteiger partial charge in [0.25, 0.3) is 5.91 Å². The van der Waals surface area contributed by atoms with Gasteiger partial charge in [0.15, 0.2) is 0 Å². The number of nitrogens with zero attached hydrogens (tertiary/aromatic N) is 1. The Morgan fingerprint density at radius 1 is 1.14 bits per heavy atom. The van der Waals surface area contributed by atoms with Gasteiger partial charge < -0.3 is 5.32 Å². The number of pyridine rings is 1. The van der Waals surface area contributed by atoms with E-state index >= 15 is 0 Å². The molecule has 1 N–H and O–H groups in total. The van der Waals surface area contributed by atoms with Crippen molar-refractivity contribution in [3.05, 3.63) is 41.3 Å². The van der Waals surface area contributed by atoms with Crippen LogP contribution in [0.25, 0.3) is 21.1 Å². The van der Waals surface area contributed by atoms with Gasteiger partial charge >= 0.3 is 0 Å². The number of nitrogens with one attached hydrogen (secondary N) is 1. The Hall–Kier alpha value is -1.94. The summed E-state index contributed by atoms with van der Waals surface area (Å²) in [6, 6.07) is 12.2. The molecule has 3 nitrogen and oxygen atoms in total. The first-order chi connectivity index (χ1) is 10.0. The number of amides is 1. The average Bonchev–Trinajstić information content (AvgIpc) is 2.87. The van der Waals surface area contributed by atoms with Crippen molar-refractivity contribution < 1.29 is 4.79 Å². The second kappa shape index (κ2) is 5.45. The average molecular weight is 298 g/mol. The van der Waals surface area contributed by atoms with Crippen molar-refractivity contribution in [1.29, 1.82) is 0 Å². The molecule has 0 aliphatic rings. The van der Waals surface area contributed by atoms with Gasteiger partial charge in [0.05, 0.1) is 10.4 Å². The highest BCUT2D eigenvalue weighted by Gasteiger charge is 2.15. The molecule has 2 heterocycles. The topological polar surface area (TPSA) is 42.0 Å². The van der Waals surface area contributed by atoms with E-state index in [-0.39, 0.29) is 11.9 Å². The zero-order valence-corrected chi connectivity index (χ0v) is 13.2. The highest BCUT2D eigenvalue weighted by molar-refractivity contribution is 7.20. The van der Waals surface area contributed by atoms with Crippen molar-refractivity contribution in [1.82, 2.24) is 10.3 Å². The molecule has 3 aromatic rings. The number of aromatic nitrogens is 1. The van der Waals surface area contributed by atoms with Crippen LogP contribution in [0.2, 0.25) is 0 Å². The third-order valence-corrected chi connectivity index (χ3v) is 4.84. The number of hydrogen-bond acceptors (Lipinski definition) is 3. The maximum atomic E-state index is 12.3. The fraction of sp³-hybridized carbons (Fsp3) is 0.294. The van der Waals surface area contributed by atoms with Crippen LogP contribution in [0.5, 0.6) is 0 Å². The van der Waals surface area contributed by atoms with Crippen LogP contribution >= 0.6 is 11.3 Å². The van der Waals surface area contributed by atoms with Gasteiger partial charge in [-0.05, 0) is 31.0 Å².